The zero-order chi connectivity index (χ0) is 7.28. The average Bonchev–Trinajstić information content (AvgIpc) is 1.82. The van der Waals surface area contributed by atoms with Crippen LogP contribution < -0.4 is 0 Å². The van der Waals surface area contributed by atoms with Crippen LogP contribution in [0.5, 0.6) is 0 Å². The van der Waals surface area contributed by atoms with Crippen molar-refractivity contribution in [1.82, 2.24) is 0 Å². The van der Waals surface area contributed by atoms with Crippen molar-refractivity contribution in [2.24, 2.45) is 0 Å². The lowest BCUT2D eigenvalue weighted by Crippen LogP contribution is -1.77. The Hall–Kier alpha value is 2.53. The lowest BCUT2D eigenvalue weighted by molar-refractivity contribution is 0.498. The van der Waals surface area contributed by atoms with Gasteiger partial charge in [0.05, 0.1) is 18.2 Å². The second-order valence-electron chi connectivity index (χ2n) is 0.701. The third-order valence-corrected chi connectivity index (χ3v) is 19.7. The van der Waals surface area contributed by atoms with E-state index in [-0.39, 0.29) is 13.2 Å². The standard InChI is InChI=1S/CH3IOS6/c1-3-6-7-9(5)8(2)4/h1H3. The van der Waals surface area contributed by atoms with Crippen LogP contribution in [0.15, 0.2) is 0 Å². The fourth-order valence-corrected chi connectivity index (χ4v) is 11.0. The third-order valence-electron chi connectivity index (χ3n) is 0.258. The summed E-state index contributed by atoms with van der Waals surface area (Å²) in [6, 6.07) is 0. The molecule has 56 valence electrons. The van der Waals surface area contributed by atoms with Crippen LogP contribution in [0, 0.1) is 0 Å². The molecule has 0 amide bonds. The van der Waals surface area contributed by atoms with Gasteiger partial charge < -0.3 is 4.18 Å². The molecule has 0 fully saturated rings. The van der Waals surface area contributed by atoms with Crippen LogP contribution in [0.3, 0.4) is 0 Å². The van der Waals surface area contributed by atoms with Gasteiger partial charge in [-0.25, -0.2) is 0 Å². The Kier molecular flexibility index (Phi) is 9.22. The maximum atomic E-state index is 5.02. The van der Waals surface area contributed by atoms with E-state index < -0.39 is 0 Å². The van der Waals surface area contributed by atoms with Crippen molar-refractivity contribution in [2.45, 2.75) is 0 Å². The molecule has 0 aromatic rings. The molecular formula is CH3IOS6. The van der Waals surface area contributed by atoms with Crippen LogP contribution in [0.4, 0.5) is 0 Å². The molecule has 1 nitrogen and oxygen atoms in total. The summed E-state index contributed by atoms with van der Waals surface area (Å²) in [5, 5.41) is 0. The van der Waals surface area contributed by atoms with Gasteiger partial charge in [0, 0.05) is 44.2 Å². The molecule has 0 aliphatic rings. The van der Waals surface area contributed by atoms with Crippen molar-refractivity contribution in [2.75, 3.05) is 7.11 Å². The van der Waals surface area contributed by atoms with Gasteiger partial charge in [0.1, 0.15) is 0 Å². The van der Waals surface area contributed by atoms with Gasteiger partial charge in [0.25, 0.3) is 0 Å². The molecule has 2 atom stereocenters. The van der Waals surface area contributed by atoms with Crippen LogP contribution in [-0.4, -0.2) is 7.11 Å². The fourth-order valence-electron chi connectivity index (χ4n) is 0.0723. The minimum Gasteiger partial charge on any atom is -0.308 e. The minimum atomic E-state index is -0.154. The second-order valence-corrected chi connectivity index (χ2v) is 17.9. The highest BCUT2D eigenvalue weighted by Crippen LogP contribution is 2.29. The van der Waals surface area contributed by atoms with Crippen LogP contribution >= 0.6 is 42.1 Å². The Bertz CT molecular complexity index is 122. The topological polar surface area (TPSA) is 9.23 Å². The van der Waals surface area contributed by atoms with Crippen LogP contribution in [-0.2, 0) is 39.7 Å². The Morgan fingerprint density at radius 3 is 2.44 bits per heavy atom. The van der Waals surface area contributed by atoms with Gasteiger partial charge in [-0.15, -0.1) is 0 Å². The third kappa shape index (κ3) is 6.91. The highest BCUT2D eigenvalue weighted by atomic mass is 127. The first-order valence-electron chi connectivity index (χ1n) is 1.56. The van der Waals surface area contributed by atoms with Crippen molar-refractivity contribution in [3.05, 3.63) is 0 Å². The highest BCUT2D eigenvalue weighted by molar-refractivity contribution is 14.2. The molecule has 0 radical (unpaired) electrons. The van der Waals surface area contributed by atoms with Gasteiger partial charge in [-0.05, 0) is 22.4 Å². The van der Waals surface area contributed by atoms with Gasteiger partial charge in [0.15, 0.2) is 0 Å². The fraction of sp³-hybridized carbons (Fsp3) is 1.00. The van der Waals surface area contributed by atoms with Crippen LogP contribution in [0.1, 0.15) is 0 Å². The van der Waals surface area contributed by atoms with Gasteiger partial charge in [-0.2, -0.15) is 0 Å². The van der Waals surface area contributed by atoms with Gasteiger partial charge >= 0.3 is 0 Å². The molecule has 0 saturated heterocycles. The summed E-state index contributed by atoms with van der Waals surface area (Å²) in [4.78, 5) is 0. The maximum Gasteiger partial charge on any atom is 0.0748 e. The van der Waals surface area contributed by atoms with Crippen molar-refractivity contribution in [1.29, 1.82) is 0 Å². The zero-order valence-corrected chi connectivity index (χ0v) is 11.3. The zero-order valence-electron chi connectivity index (χ0n) is 4.24. The normalized spacial score (nSPS) is 17.1. The number of halogens is 1. The SMILES string of the molecule is COSSS(=S)S(=S)I. The minimum absolute atomic E-state index is 0.104. The van der Waals surface area contributed by atoms with E-state index in [0.29, 0.717) is 0 Å². The van der Waals surface area contributed by atoms with Gasteiger partial charge in [-0.1, -0.05) is 0 Å². The highest BCUT2D eigenvalue weighted by Gasteiger charge is 1.97. The summed E-state index contributed by atoms with van der Waals surface area (Å²) < 4.78 is 4.74. The molecule has 0 spiro atoms. The first kappa shape index (κ1) is 11.5. The molecule has 0 aromatic carbocycles. The van der Waals surface area contributed by atoms with Crippen molar-refractivity contribution < 1.29 is 4.18 Å². The smallest absolute Gasteiger partial charge is 0.0748 e. The van der Waals surface area contributed by atoms with E-state index in [4.69, 9.17) is 26.6 Å². The van der Waals surface area contributed by atoms with E-state index in [9.17, 15) is 0 Å². The van der Waals surface area contributed by atoms with Crippen molar-refractivity contribution in [3.63, 3.8) is 0 Å². The molecule has 9 heavy (non-hydrogen) atoms. The Balaban J connectivity index is 3.39. The number of hydrogen-bond acceptors (Lipinski definition) is 5. The molecule has 0 N–H and O–H groups in total. The summed E-state index contributed by atoms with van der Waals surface area (Å²) >= 11 is 13.4. The average molecular weight is 350 g/mol. The molecule has 0 saturated carbocycles. The molecule has 0 aliphatic carbocycles. The Labute approximate surface area is 87.6 Å². The van der Waals surface area contributed by atoms with Gasteiger partial charge in [0.2, 0.25) is 0 Å². The molecule has 0 heterocycles. The lowest BCUT2D eigenvalue weighted by Gasteiger charge is -1.96. The summed E-state index contributed by atoms with van der Waals surface area (Å²) in [6.07, 6.45) is 0. The molecule has 0 rings (SSSR count). The summed E-state index contributed by atoms with van der Waals surface area (Å²) in [6.45, 7) is 0. The summed E-state index contributed by atoms with van der Waals surface area (Å²) in [5.74, 6) is 0. The number of hydrogen-bond donors (Lipinski definition) is 0. The van der Waals surface area contributed by atoms with Gasteiger partial charge in [-0.3, -0.25) is 0 Å². The predicted molar refractivity (Wildman–Crippen MR) is 65.7 cm³/mol. The van der Waals surface area contributed by atoms with E-state index in [1.54, 1.807) is 7.11 Å². The predicted octanol–water partition coefficient (Wildman–Crippen LogP) is 2.27. The second kappa shape index (κ2) is 7.19. The van der Waals surface area contributed by atoms with E-state index >= 15 is 0 Å². The van der Waals surface area contributed by atoms with Crippen LogP contribution in [0.2, 0.25) is 0 Å². The Morgan fingerprint density at radius 1 is 1.56 bits per heavy atom. The van der Waals surface area contributed by atoms with Crippen molar-refractivity contribution >= 4 is 77.7 Å². The first-order valence-corrected chi connectivity index (χ1v) is 11.5. The number of rotatable bonds is 4. The molecule has 8 heteroatoms. The van der Waals surface area contributed by atoms with Crippen LogP contribution in [0.25, 0.3) is 0 Å². The molecule has 0 aromatic heterocycles. The van der Waals surface area contributed by atoms with E-state index in [1.807, 2.05) is 0 Å². The maximum absolute atomic E-state index is 5.02. The van der Waals surface area contributed by atoms with E-state index in [0.717, 1.165) is 0 Å². The lowest BCUT2D eigenvalue weighted by atomic mass is 11.8. The first-order chi connectivity index (χ1) is 4.18. The van der Waals surface area contributed by atoms with E-state index in [1.165, 1.54) is 20.9 Å². The summed E-state index contributed by atoms with van der Waals surface area (Å²) in [7, 11) is 2.99. The quantitative estimate of drug-likeness (QED) is 0.332. The summed E-state index contributed by atoms with van der Waals surface area (Å²) in [5.41, 5.74) is -0.104. The van der Waals surface area contributed by atoms with Crippen molar-refractivity contribution in [3.8, 4) is 0 Å². The molecule has 0 bridgehead atoms. The molecule has 2 unspecified atom stereocenters. The molecular weight excluding hydrogens is 347 g/mol. The largest absolute Gasteiger partial charge is 0.308 e. The monoisotopic (exact) mass is 350 g/mol. The molecule has 0 aliphatic heterocycles. The Morgan fingerprint density at radius 2 is 2.11 bits per heavy atom. The van der Waals surface area contributed by atoms with E-state index in [2.05, 4.69) is 21.2 Å².